The van der Waals surface area contributed by atoms with Crippen molar-refractivity contribution >= 4 is 17.4 Å². The van der Waals surface area contributed by atoms with Crippen LogP contribution in [0.25, 0.3) is 0 Å². The first-order valence-corrected chi connectivity index (χ1v) is 16.3. The van der Waals surface area contributed by atoms with Crippen LogP contribution in [-0.2, 0) is 22.4 Å². The van der Waals surface area contributed by atoms with Gasteiger partial charge in [-0.3, -0.25) is 9.59 Å². The van der Waals surface area contributed by atoms with Crippen molar-refractivity contribution in [2.45, 2.75) is 103 Å². The minimum absolute atomic E-state index is 0.0911. The first kappa shape index (κ1) is 35.2. The molecule has 1 aliphatic rings. The van der Waals surface area contributed by atoms with Crippen LogP contribution in [0, 0.1) is 0 Å². The van der Waals surface area contributed by atoms with Crippen LogP contribution in [0.4, 0.5) is 5.69 Å². The molecule has 3 rings (SSSR count). The van der Waals surface area contributed by atoms with Crippen LogP contribution in [0.15, 0.2) is 30.3 Å². The number of ether oxygens (including phenoxy) is 4. The molecule has 244 valence electrons. The largest absolute Gasteiger partial charge is 0.493 e. The molecular formula is C35H52N2O7. The van der Waals surface area contributed by atoms with Crippen LogP contribution in [0.5, 0.6) is 23.0 Å². The molecule has 2 aromatic rings. The van der Waals surface area contributed by atoms with Crippen molar-refractivity contribution in [3.8, 4) is 23.0 Å². The fourth-order valence-electron chi connectivity index (χ4n) is 5.35. The zero-order valence-electron chi connectivity index (χ0n) is 27.0. The Morgan fingerprint density at radius 3 is 2.41 bits per heavy atom. The van der Waals surface area contributed by atoms with Crippen molar-refractivity contribution in [3.63, 3.8) is 0 Å². The number of Topliss-reactive ketones (excluding diaryl/α,β-unsaturated/α-hetero) is 1. The Hall–Kier alpha value is -3.30. The molecule has 0 radical (unpaired) electrons. The number of rotatable bonds is 22. The number of anilines is 1. The van der Waals surface area contributed by atoms with Crippen LogP contribution >= 0.6 is 0 Å². The van der Waals surface area contributed by atoms with Gasteiger partial charge in [0.1, 0.15) is 24.2 Å². The third kappa shape index (κ3) is 11.0. The minimum atomic E-state index is -0.724. The lowest BCUT2D eigenvalue weighted by molar-refractivity contribution is -0.126. The molecule has 0 spiro atoms. The highest BCUT2D eigenvalue weighted by atomic mass is 16.5. The number of aliphatic hydroxyl groups is 1. The zero-order chi connectivity index (χ0) is 31.7. The Bertz CT molecular complexity index is 1190. The summed E-state index contributed by atoms with van der Waals surface area (Å²) in [4.78, 5) is 25.5. The first-order chi connectivity index (χ1) is 21.4. The van der Waals surface area contributed by atoms with Gasteiger partial charge in [-0.25, -0.2) is 0 Å². The molecule has 0 saturated heterocycles. The third-order valence-corrected chi connectivity index (χ3v) is 7.92. The summed E-state index contributed by atoms with van der Waals surface area (Å²) in [6.07, 6.45) is 8.69. The molecule has 2 aromatic carbocycles. The van der Waals surface area contributed by atoms with E-state index in [-0.39, 0.29) is 18.3 Å². The average molecular weight is 613 g/mol. The second-order valence-corrected chi connectivity index (χ2v) is 11.5. The maximum Gasteiger partial charge on any atom is 0.224 e. The molecule has 3 N–H and O–H groups in total. The zero-order valence-corrected chi connectivity index (χ0v) is 27.0. The number of amides is 1. The monoisotopic (exact) mass is 612 g/mol. The fraction of sp³-hybridized carbons (Fsp3) is 0.600. The first-order valence-electron chi connectivity index (χ1n) is 16.3. The topological polar surface area (TPSA) is 115 Å². The molecule has 2 atom stereocenters. The number of carbonyl (C=O) groups excluding carboxylic acids is 2. The fourth-order valence-corrected chi connectivity index (χ4v) is 5.35. The number of unbranched alkanes of at least 4 members (excludes halogenated alkanes) is 5. The van der Waals surface area contributed by atoms with Crippen LogP contribution in [0.1, 0.15) is 89.2 Å². The molecule has 44 heavy (non-hydrogen) atoms. The van der Waals surface area contributed by atoms with Gasteiger partial charge in [0.2, 0.25) is 5.91 Å². The van der Waals surface area contributed by atoms with E-state index in [0.29, 0.717) is 67.5 Å². The van der Waals surface area contributed by atoms with Gasteiger partial charge < -0.3 is 34.7 Å². The third-order valence-electron chi connectivity index (χ3n) is 7.92. The minimum Gasteiger partial charge on any atom is -0.493 e. The van der Waals surface area contributed by atoms with Gasteiger partial charge >= 0.3 is 0 Å². The number of methoxy groups -OCH3 is 2. The number of carbonyl (C=O) groups is 2. The van der Waals surface area contributed by atoms with Gasteiger partial charge in [-0.15, -0.1) is 0 Å². The lowest BCUT2D eigenvalue weighted by atomic mass is 10.00. The number of benzene rings is 2. The van der Waals surface area contributed by atoms with Gasteiger partial charge in [-0.05, 0) is 68.5 Å². The predicted molar refractivity (Wildman–Crippen MR) is 173 cm³/mol. The standard InChI is InChI=1S/C35H52N2O7/c1-5-7-9-11-12-28(39)30(13-10-8-6-2)44-32-18-17-29(27-15-19-34(40)37-35(27)32)43-24-26(38)23-36-21-20-25-14-16-31(41-3)33(22-25)42-4/h14,16-18,22,26,30,36,38H,5-13,15,19-21,23-24H2,1-4H3,(H,37,40). The van der Waals surface area contributed by atoms with E-state index in [0.717, 1.165) is 62.5 Å². The number of hydrogen-bond acceptors (Lipinski definition) is 8. The maximum atomic E-state index is 13.1. The van der Waals surface area contributed by atoms with Crippen molar-refractivity contribution in [1.82, 2.24) is 5.32 Å². The Morgan fingerprint density at radius 2 is 1.66 bits per heavy atom. The molecule has 0 bridgehead atoms. The molecule has 2 unspecified atom stereocenters. The van der Waals surface area contributed by atoms with E-state index < -0.39 is 12.2 Å². The summed E-state index contributed by atoms with van der Waals surface area (Å²) in [7, 11) is 3.23. The van der Waals surface area contributed by atoms with Gasteiger partial charge in [-0.2, -0.15) is 0 Å². The van der Waals surface area contributed by atoms with Crippen molar-refractivity contribution in [2.75, 3.05) is 39.2 Å². The van der Waals surface area contributed by atoms with E-state index in [2.05, 4.69) is 24.5 Å². The Labute approximate surface area is 263 Å². The van der Waals surface area contributed by atoms with Crippen molar-refractivity contribution in [1.29, 1.82) is 0 Å². The lowest BCUT2D eigenvalue weighted by Gasteiger charge is -2.26. The number of aliphatic hydroxyl groups excluding tert-OH is 1. The Kier molecular flexibility index (Phi) is 15.3. The average Bonchev–Trinajstić information content (AvgIpc) is 3.03. The summed E-state index contributed by atoms with van der Waals surface area (Å²) < 4.78 is 23.0. The molecule has 0 saturated carbocycles. The van der Waals surface area contributed by atoms with Gasteiger partial charge in [-0.1, -0.05) is 52.0 Å². The highest BCUT2D eigenvalue weighted by Crippen LogP contribution is 2.40. The van der Waals surface area contributed by atoms with E-state index in [1.54, 1.807) is 20.3 Å². The predicted octanol–water partition coefficient (Wildman–Crippen LogP) is 6.03. The van der Waals surface area contributed by atoms with Gasteiger partial charge in [0.15, 0.2) is 23.4 Å². The molecular weight excluding hydrogens is 560 g/mol. The Balaban J connectivity index is 1.58. The normalized spacial score (nSPS) is 13.9. The van der Waals surface area contributed by atoms with E-state index in [1.807, 2.05) is 24.3 Å². The summed E-state index contributed by atoms with van der Waals surface area (Å²) in [6, 6.07) is 9.42. The second-order valence-electron chi connectivity index (χ2n) is 11.5. The molecule has 1 amide bonds. The highest BCUT2D eigenvalue weighted by Gasteiger charge is 2.27. The number of nitrogens with one attached hydrogen (secondary N) is 2. The smallest absolute Gasteiger partial charge is 0.224 e. The van der Waals surface area contributed by atoms with Crippen LogP contribution in [0.2, 0.25) is 0 Å². The number of fused-ring (bicyclic) bond motifs is 1. The van der Waals surface area contributed by atoms with E-state index in [9.17, 15) is 14.7 Å². The number of ketones is 1. The molecule has 0 aromatic heterocycles. The second kappa shape index (κ2) is 19.2. The van der Waals surface area contributed by atoms with Gasteiger partial charge in [0.05, 0.1) is 19.9 Å². The van der Waals surface area contributed by atoms with Crippen molar-refractivity contribution in [3.05, 3.63) is 41.5 Å². The summed E-state index contributed by atoms with van der Waals surface area (Å²) in [5.74, 6) is 2.51. The van der Waals surface area contributed by atoms with E-state index >= 15 is 0 Å². The molecule has 0 aliphatic carbocycles. The van der Waals surface area contributed by atoms with E-state index in [4.69, 9.17) is 18.9 Å². The van der Waals surface area contributed by atoms with Gasteiger partial charge in [0.25, 0.3) is 0 Å². The maximum absolute atomic E-state index is 13.1. The quantitative estimate of drug-likeness (QED) is 0.138. The summed E-state index contributed by atoms with van der Waals surface area (Å²) in [5.41, 5.74) is 2.50. The Morgan fingerprint density at radius 1 is 0.932 bits per heavy atom. The van der Waals surface area contributed by atoms with Crippen LogP contribution in [-0.4, -0.2) is 62.9 Å². The molecule has 1 aliphatic heterocycles. The molecule has 0 fully saturated rings. The summed E-state index contributed by atoms with van der Waals surface area (Å²) in [6.45, 7) is 5.44. The van der Waals surface area contributed by atoms with Gasteiger partial charge in [0, 0.05) is 24.9 Å². The number of hydrogen-bond donors (Lipinski definition) is 3. The van der Waals surface area contributed by atoms with Crippen LogP contribution in [0.3, 0.4) is 0 Å². The summed E-state index contributed by atoms with van der Waals surface area (Å²) >= 11 is 0. The van der Waals surface area contributed by atoms with Crippen molar-refractivity contribution < 1.29 is 33.6 Å². The highest BCUT2D eigenvalue weighted by molar-refractivity contribution is 5.96. The van der Waals surface area contributed by atoms with E-state index in [1.165, 1.54) is 0 Å². The SMILES string of the molecule is CCCCCCC(=O)C(CCCCC)Oc1ccc(OCC(O)CNCCc2ccc(OC)c(OC)c2)c2c1NC(=O)CC2. The van der Waals surface area contributed by atoms with Crippen molar-refractivity contribution in [2.24, 2.45) is 0 Å². The molecule has 9 heteroatoms. The molecule has 9 nitrogen and oxygen atoms in total. The lowest BCUT2D eigenvalue weighted by Crippen LogP contribution is -2.33. The summed E-state index contributed by atoms with van der Waals surface area (Å²) in [5, 5.41) is 16.8. The molecule has 1 heterocycles. The van der Waals surface area contributed by atoms with Crippen LogP contribution < -0.4 is 29.6 Å².